The Morgan fingerprint density at radius 1 is 0.395 bits per heavy atom. The van der Waals surface area contributed by atoms with E-state index in [0.717, 1.165) is 39.1 Å². The summed E-state index contributed by atoms with van der Waals surface area (Å²) in [6.45, 7) is 0. The molecule has 3 heterocycles. The highest BCUT2D eigenvalue weighted by Crippen LogP contribution is 2.39. The zero-order valence-corrected chi connectivity index (χ0v) is 23.9. The van der Waals surface area contributed by atoms with Crippen LogP contribution in [0.3, 0.4) is 0 Å². The lowest BCUT2D eigenvalue weighted by Gasteiger charge is -2.10. The number of thiophene rings is 1. The van der Waals surface area contributed by atoms with Crippen LogP contribution in [0.1, 0.15) is 0 Å². The van der Waals surface area contributed by atoms with Crippen molar-refractivity contribution in [1.82, 2.24) is 19.9 Å². The predicted octanol–water partition coefficient (Wildman–Crippen LogP) is 9.97. The molecule has 0 radical (unpaired) electrons. The van der Waals surface area contributed by atoms with Crippen LogP contribution in [0.25, 0.3) is 76.7 Å². The highest BCUT2D eigenvalue weighted by molar-refractivity contribution is 7.26. The van der Waals surface area contributed by atoms with Gasteiger partial charge in [-0.25, -0.2) is 15.0 Å². The lowest BCUT2D eigenvalue weighted by Crippen LogP contribution is -2.00. The van der Waals surface area contributed by atoms with Crippen molar-refractivity contribution in [1.29, 1.82) is 0 Å². The molecule has 5 aromatic carbocycles. The quantitative estimate of drug-likeness (QED) is 0.207. The van der Waals surface area contributed by atoms with Crippen molar-refractivity contribution < 1.29 is 0 Å². The van der Waals surface area contributed by atoms with Gasteiger partial charge in [0.1, 0.15) is 0 Å². The summed E-state index contributed by atoms with van der Waals surface area (Å²) < 4.78 is 2.49. The summed E-state index contributed by atoms with van der Waals surface area (Å²) in [7, 11) is 0. The van der Waals surface area contributed by atoms with E-state index < -0.39 is 0 Å². The van der Waals surface area contributed by atoms with Gasteiger partial charge in [-0.1, -0.05) is 115 Å². The van der Waals surface area contributed by atoms with Crippen molar-refractivity contribution in [2.45, 2.75) is 0 Å². The minimum atomic E-state index is 0.641. The zero-order chi connectivity index (χ0) is 28.6. The summed E-state index contributed by atoms with van der Waals surface area (Å²) in [4.78, 5) is 19.5. The SMILES string of the molecule is c1ccc(-c2nc(-c3ccccc3)nc(-c3cccc(-c4cccc(-c5nccc6c5sc5ccccc56)c4)c3)n2)cc1. The summed E-state index contributed by atoms with van der Waals surface area (Å²) >= 11 is 1.80. The Balaban J connectivity index is 1.22. The van der Waals surface area contributed by atoms with Crippen molar-refractivity contribution in [3.8, 4) is 56.5 Å². The van der Waals surface area contributed by atoms with Gasteiger partial charge in [-0.3, -0.25) is 4.98 Å². The maximum Gasteiger partial charge on any atom is 0.164 e. The van der Waals surface area contributed by atoms with E-state index in [9.17, 15) is 0 Å². The number of rotatable bonds is 5. The van der Waals surface area contributed by atoms with Gasteiger partial charge < -0.3 is 0 Å². The monoisotopic (exact) mass is 568 g/mol. The standard InChI is InChI=1S/C38H24N4S/c1-3-11-25(12-4-1)36-40-37(26-13-5-2-6-14-26)42-38(41-36)30-18-10-16-28(24-30)27-15-9-17-29(23-27)34-35-32(21-22-39-34)31-19-7-8-20-33(31)43-35/h1-24H. The van der Waals surface area contributed by atoms with Crippen LogP contribution in [0, 0.1) is 0 Å². The normalized spacial score (nSPS) is 11.3. The number of nitrogens with zero attached hydrogens (tertiary/aromatic N) is 4. The lowest BCUT2D eigenvalue weighted by atomic mass is 9.99. The van der Waals surface area contributed by atoms with Crippen molar-refractivity contribution in [3.63, 3.8) is 0 Å². The van der Waals surface area contributed by atoms with Crippen LogP contribution >= 0.6 is 11.3 Å². The van der Waals surface area contributed by atoms with Crippen LogP contribution in [0.15, 0.2) is 146 Å². The van der Waals surface area contributed by atoms with Gasteiger partial charge in [-0.15, -0.1) is 11.3 Å². The number of pyridine rings is 1. The second kappa shape index (κ2) is 10.7. The molecule has 8 aromatic rings. The lowest BCUT2D eigenvalue weighted by molar-refractivity contribution is 1.07. The zero-order valence-electron chi connectivity index (χ0n) is 23.1. The molecular weight excluding hydrogens is 545 g/mol. The molecule has 4 nitrogen and oxygen atoms in total. The first kappa shape index (κ1) is 25.2. The van der Waals surface area contributed by atoms with Crippen LogP contribution in [0.5, 0.6) is 0 Å². The molecule has 0 saturated carbocycles. The summed E-state index contributed by atoms with van der Waals surface area (Å²) in [6.07, 6.45) is 1.92. The van der Waals surface area contributed by atoms with Crippen LogP contribution in [0.2, 0.25) is 0 Å². The van der Waals surface area contributed by atoms with Crippen molar-refractivity contribution in [2.75, 3.05) is 0 Å². The van der Waals surface area contributed by atoms with Gasteiger partial charge >= 0.3 is 0 Å². The number of aromatic nitrogens is 4. The van der Waals surface area contributed by atoms with Gasteiger partial charge in [-0.05, 0) is 35.4 Å². The van der Waals surface area contributed by atoms with Gasteiger partial charge in [0.25, 0.3) is 0 Å². The van der Waals surface area contributed by atoms with E-state index in [0.29, 0.717) is 17.5 Å². The first-order chi connectivity index (χ1) is 21.3. The maximum atomic E-state index is 4.92. The molecule has 0 aliphatic carbocycles. The molecule has 3 aromatic heterocycles. The Morgan fingerprint density at radius 2 is 0.907 bits per heavy atom. The molecule has 0 N–H and O–H groups in total. The van der Waals surface area contributed by atoms with E-state index in [1.807, 2.05) is 66.9 Å². The summed E-state index contributed by atoms with van der Waals surface area (Å²) in [5, 5.41) is 2.52. The molecule has 5 heteroatoms. The average Bonchev–Trinajstić information content (AvgIpc) is 3.48. The largest absolute Gasteiger partial charge is 0.255 e. The second-order valence-electron chi connectivity index (χ2n) is 10.3. The highest BCUT2D eigenvalue weighted by atomic mass is 32.1. The molecule has 43 heavy (non-hydrogen) atoms. The van der Waals surface area contributed by atoms with Crippen molar-refractivity contribution in [3.05, 3.63) is 146 Å². The van der Waals surface area contributed by atoms with E-state index in [-0.39, 0.29) is 0 Å². The van der Waals surface area contributed by atoms with Crippen LogP contribution in [-0.4, -0.2) is 19.9 Å². The molecule has 0 amide bonds. The van der Waals surface area contributed by atoms with E-state index in [1.165, 1.54) is 20.2 Å². The predicted molar refractivity (Wildman–Crippen MR) is 178 cm³/mol. The third-order valence-corrected chi connectivity index (χ3v) is 8.78. The fourth-order valence-corrected chi connectivity index (χ4v) is 6.69. The number of hydrogen-bond donors (Lipinski definition) is 0. The number of fused-ring (bicyclic) bond motifs is 3. The van der Waals surface area contributed by atoms with E-state index in [4.69, 9.17) is 19.9 Å². The molecule has 0 spiro atoms. The third-order valence-electron chi connectivity index (χ3n) is 7.58. The van der Waals surface area contributed by atoms with Gasteiger partial charge in [0, 0.05) is 43.9 Å². The topological polar surface area (TPSA) is 51.6 Å². The Bertz CT molecular complexity index is 2180. The van der Waals surface area contributed by atoms with Crippen molar-refractivity contribution in [2.24, 2.45) is 0 Å². The van der Waals surface area contributed by atoms with E-state index >= 15 is 0 Å². The minimum Gasteiger partial charge on any atom is -0.255 e. The Hall–Kier alpha value is -5.52. The fraction of sp³-hybridized carbons (Fsp3) is 0. The highest BCUT2D eigenvalue weighted by Gasteiger charge is 2.14. The van der Waals surface area contributed by atoms with Crippen LogP contribution < -0.4 is 0 Å². The van der Waals surface area contributed by atoms with Crippen LogP contribution in [0.4, 0.5) is 0 Å². The number of hydrogen-bond acceptors (Lipinski definition) is 5. The molecule has 0 aliphatic heterocycles. The van der Waals surface area contributed by atoms with Crippen molar-refractivity contribution >= 4 is 31.5 Å². The maximum absolute atomic E-state index is 4.92. The van der Waals surface area contributed by atoms with Gasteiger partial charge in [0.2, 0.25) is 0 Å². The Kier molecular flexibility index (Phi) is 6.28. The smallest absolute Gasteiger partial charge is 0.164 e. The van der Waals surface area contributed by atoms with E-state index in [2.05, 4.69) is 78.9 Å². The first-order valence-corrected chi connectivity index (χ1v) is 15.0. The van der Waals surface area contributed by atoms with Gasteiger partial charge in [-0.2, -0.15) is 0 Å². The minimum absolute atomic E-state index is 0.641. The molecule has 0 aliphatic rings. The summed E-state index contributed by atoms with van der Waals surface area (Å²) in [6, 6.07) is 47.8. The Morgan fingerprint density at radius 3 is 1.58 bits per heavy atom. The molecule has 0 bridgehead atoms. The first-order valence-electron chi connectivity index (χ1n) is 14.1. The molecule has 0 atom stereocenters. The Labute approximate surface area is 253 Å². The fourth-order valence-electron chi connectivity index (χ4n) is 5.48. The molecule has 0 fully saturated rings. The van der Waals surface area contributed by atoms with Crippen LogP contribution in [-0.2, 0) is 0 Å². The summed E-state index contributed by atoms with van der Waals surface area (Å²) in [5.74, 6) is 1.95. The number of benzene rings is 5. The molecular formula is C38H24N4S. The second-order valence-corrected chi connectivity index (χ2v) is 11.4. The van der Waals surface area contributed by atoms with Gasteiger partial charge in [0.05, 0.1) is 10.4 Å². The average molecular weight is 569 g/mol. The molecule has 8 rings (SSSR count). The molecule has 0 saturated heterocycles. The third kappa shape index (κ3) is 4.76. The molecule has 202 valence electrons. The summed E-state index contributed by atoms with van der Waals surface area (Å²) in [5.41, 5.74) is 7.15. The van der Waals surface area contributed by atoms with E-state index in [1.54, 1.807) is 11.3 Å². The molecule has 0 unspecified atom stereocenters. The van der Waals surface area contributed by atoms with Gasteiger partial charge in [0.15, 0.2) is 17.5 Å².